The molecular formula is C18H23Cl2FN2O. The smallest absolute Gasteiger partial charge is 0.251 e. The van der Waals surface area contributed by atoms with E-state index in [0.29, 0.717) is 28.5 Å². The Balaban J connectivity index is 1.48. The Morgan fingerprint density at radius 1 is 1.21 bits per heavy atom. The fourth-order valence-corrected chi connectivity index (χ4v) is 3.91. The number of amides is 1. The first-order valence-corrected chi connectivity index (χ1v) is 9.35. The fourth-order valence-electron chi connectivity index (χ4n) is 3.38. The molecule has 0 unspecified atom stereocenters. The van der Waals surface area contributed by atoms with E-state index in [1.165, 1.54) is 31.4 Å². The number of halogens is 3. The van der Waals surface area contributed by atoms with Gasteiger partial charge in [0.15, 0.2) is 0 Å². The monoisotopic (exact) mass is 372 g/mol. The van der Waals surface area contributed by atoms with Crippen LogP contribution >= 0.6 is 23.2 Å². The van der Waals surface area contributed by atoms with Gasteiger partial charge in [0, 0.05) is 35.2 Å². The third kappa shape index (κ3) is 4.62. The number of carbonyl (C=O) groups is 1. The van der Waals surface area contributed by atoms with Crippen LogP contribution in [0.1, 0.15) is 42.5 Å². The fraction of sp³-hybridized carbons (Fsp3) is 0.611. The summed E-state index contributed by atoms with van der Waals surface area (Å²) in [7, 11) is 0. The van der Waals surface area contributed by atoms with E-state index in [9.17, 15) is 9.18 Å². The van der Waals surface area contributed by atoms with Gasteiger partial charge in [-0.25, -0.2) is 4.39 Å². The van der Waals surface area contributed by atoms with Gasteiger partial charge in [0.1, 0.15) is 5.67 Å². The number of nitrogens with one attached hydrogen (secondary N) is 1. The van der Waals surface area contributed by atoms with Crippen LogP contribution < -0.4 is 5.32 Å². The second-order valence-corrected chi connectivity index (χ2v) is 7.96. The van der Waals surface area contributed by atoms with Crippen molar-refractivity contribution in [2.24, 2.45) is 5.92 Å². The van der Waals surface area contributed by atoms with Gasteiger partial charge in [-0.3, -0.25) is 4.79 Å². The summed E-state index contributed by atoms with van der Waals surface area (Å²) in [5.74, 6) is 0.470. The molecule has 0 aromatic heterocycles. The summed E-state index contributed by atoms with van der Waals surface area (Å²) in [5.41, 5.74) is -0.966. The molecule has 132 valence electrons. The quantitative estimate of drug-likeness (QED) is 0.834. The van der Waals surface area contributed by atoms with E-state index in [-0.39, 0.29) is 12.5 Å². The first-order valence-electron chi connectivity index (χ1n) is 8.59. The lowest BCUT2D eigenvalue weighted by Crippen LogP contribution is -2.49. The van der Waals surface area contributed by atoms with Crippen molar-refractivity contribution in [1.82, 2.24) is 10.2 Å². The lowest BCUT2D eigenvalue weighted by Gasteiger charge is -2.39. The van der Waals surface area contributed by atoms with Crippen LogP contribution in [-0.2, 0) is 0 Å². The summed E-state index contributed by atoms with van der Waals surface area (Å²) in [4.78, 5) is 14.5. The van der Waals surface area contributed by atoms with E-state index < -0.39 is 5.67 Å². The highest BCUT2D eigenvalue weighted by molar-refractivity contribution is 6.35. The van der Waals surface area contributed by atoms with E-state index in [1.54, 1.807) is 6.07 Å². The number of piperidine rings is 1. The summed E-state index contributed by atoms with van der Waals surface area (Å²) in [6, 6.07) is 4.64. The Bertz CT molecular complexity index is 578. The zero-order valence-electron chi connectivity index (χ0n) is 13.7. The summed E-state index contributed by atoms with van der Waals surface area (Å²) in [6.07, 6.45) is 4.91. The molecule has 0 spiro atoms. The van der Waals surface area contributed by atoms with Gasteiger partial charge in [-0.2, -0.15) is 0 Å². The van der Waals surface area contributed by atoms with E-state index in [2.05, 4.69) is 10.2 Å². The van der Waals surface area contributed by atoms with Crippen LogP contribution in [0, 0.1) is 5.92 Å². The van der Waals surface area contributed by atoms with Gasteiger partial charge < -0.3 is 10.2 Å². The number of benzene rings is 1. The van der Waals surface area contributed by atoms with Gasteiger partial charge in [-0.15, -0.1) is 0 Å². The first-order chi connectivity index (χ1) is 11.4. The van der Waals surface area contributed by atoms with Crippen molar-refractivity contribution >= 4 is 29.1 Å². The molecule has 24 heavy (non-hydrogen) atoms. The predicted molar refractivity (Wildman–Crippen MR) is 95.6 cm³/mol. The lowest BCUT2D eigenvalue weighted by molar-refractivity contribution is 0.0426. The molecule has 3 rings (SSSR count). The summed E-state index contributed by atoms with van der Waals surface area (Å²) < 4.78 is 14.9. The van der Waals surface area contributed by atoms with E-state index in [0.717, 1.165) is 25.6 Å². The molecule has 2 fully saturated rings. The Labute approximate surface area is 152 Å². The molecule has 1 saturated carbocycles. The third-order valence-corrected chi connectivity index (χ3v) is 5.62. The van der Waals surface area contributed by atoms with Crippen molar-refractivity contribution in [2.45, 2.75) is 37.8 Å². The molecule has 3 nitrogen and oxygen atoms in total. The second-order valence-electron chi connectivity index (χ2n) is 7.09. The van der Waals surface area contributed by atoms with Crippen LogP contribution in [0.3, 0.4) is 0 Å². The maximum absolute atomic E-state index is 14.9. The summed E-state index contributed by atoms with van der Waals surface area (Å²) >= 11 is 11.8. The van der Waals surface area contributed by atoms with Crippen molar-refractivity contribution in [2.75, 3.05) is 26.2 Å². The largest absolute Gasteiger partial charge is 0.349 e. The van der Waals surface area contributed by atoms with E-state index >= 15 is 0 Å². The second kappa shape index (κ2) is 7.59. The molecule has 1 heterocycles. The number of hydrogen-bond donors (Lipinski definition) is 1. The highest BCUT2D eigenvalue weighted by Crippen LogP contribution is 2.31. The van der Waals surface area contributed by atoms with Gasteiger partial charge in [0.05, 0.1) is 6.54 Å². The van der Waals surface area contributed by atoms with Crippen LogP contribution in [0.15, 0.2) is 18.2 Å². The minimum atomic E-state index is -1.33. The number of alkyl halides is 1. The number of carbonyl (C=O) groups excluding carboxylic acids is 1. The molecule has 1 saturated heterocycles. The molecule has 1 amide bonds. The van der Waals surface area contributed by atoms with Gasteiger partial charge in [0.25, 0.3) is 5.91 Å². The van der Waals surface area contributed by atoms with E-state index in [4.69, 9.17) is 23.2 Å². The molecule has 6 heteroatoms. The molecule has 0 radical (unpaired) electrons. The summed E-state index contributed by atoms with van der Waals surface area (Å²) in [5, 5.41) is 3.48. The third-order valence-electron chi connectivity index (χ3n) is 5.18. The maximum atomic E-state index is 14.9. The predicted octanol–water partition coefficient (Wildman–Crippen LogP) is 4.33. The Morgan fingerprint density at radius 3 is 2.38 bits per heavy atom. The highest BCUT2D eigenvalue weighted by atomic mass is 35.5. The molecule has 2 aliphatic rings. The normalized spacial score (nSPS) is 21.3. The summed E-state index contributed by atoms with van der Waals surface area (Å²) in [6.45, 7) is 2.68. The van der Waals surface area contributed by atoms with Crippen LogP contribution in [-0.4, -0.2) is 42.7 Å². The minimum absolute atomic E-state index is 0.0350. The average molecular weight is 373 g/mol. The average Bonchev–Trinajstić information content (AvgIpc) is 2.49. The van der Waals surface area contributed by atoms with Gasteiger partial charge in [-0.1, -0.05) is 29.6 Å². The van der Waals surface area contributed by atoms with Crippen molar-refractivity contribution in [3.8, 4) is 0 Å². The molecule has 1 N–H and O–H groups in total. The zero-order valence-corrected chi connectivity index (χ0v) is 15.2. The van der Waals surface area contributed by atoms with Crippen LogP contribution in [0.25, 0.3) is 0 Å². The zero-order chi connectivity index (χ0) is 17.2. The van der Waals surface area contributed by atoms with Crippen LogP contribution in [0.2, 0.25) is 10.0 Å². The molecular weight excluding hydrogens is 350 g/mol. The van der Waals surface area contributed by atoms with Crippen molar-refractivity contribution in [1.29, 1.82) is 0 Å². The Kier molecular flexibility index (Phi) is 5.68. The van der Waals surface area contributed by atoms with Gasteiger partial charge in [0.2, 0.25) is 0 Å². The van der Waals surface area contributed by atoms with Crippen LogP contribution in [0.4, 0.5) is 4.39 Å². The number of hydrogen-bond acceptors (Lipinski definition) is 2. The van der Waals surface area contributed by atoms with Gasteiger partial charge in [-0.05, 0) is 49.8 Å². The minimum Gasteiger partial charge on any atom is -0.349 e. The molecule has 1 aliphatic carbocycles. The number of likely N-dealkylation sites (tertiary alicyclic amines) is 1. The Hall–Kier alpha value is -0.840. The van der Waals surface area contributed by atoms with Crippen molar-refractivity contribution in [3.63, 3.8) is 0 Å². The van der Waals surface area contributed by atoms with Gasteiger partial charge >= 0.3 is 0 Å². The standard InChI is InChI=1S/C18H23Cl2FN2O/c19-15-8-14(9-16(20)10-15)17(24)22-12-18(21)4-6-23(7-5-18)11-13-2-1-3-13/h8-10,13H,1-7,11-12H2,(H,22,24). The number of rotatable bonds is 5. The highest BCUT2D eigenvalue weighted by Gasteiger charge is 2.35. The molecule has 1 aromatic carbocycles. The Morgan fingerprint density at radius 2 is 1.83 bits per heavy atom. The van der Waals surface area contributed by atoms with Crippen LogP contribution in [0.5, 0.6) is 0 Å². The van der Waals surface area contributed by atoms with E-state index in [1.807, 2.05) is 0 Å². The topological polar surface area (TPSA) is 32.3 Å². The molecule has 0 atom stereocenters. The number of nitrogens with zero attached hydrogens (tertiary/aromatic N) is 1. The first kappa shape index (κ1) is 18.0. The maximum Gasteiger partial charge on any atom is 0.251 e. The lowest BCUT2D eigenvalue weighted by atomic mass is 9.84. The molecule has 1 aliphatic heterocycles. The molecule has 0 bridgehead atoms. The van der Waals surface area contributed by atoms with Crippen molar-refractivity contribution < 1.29 is 9.18 Å². The molecule has 1 aromatic rings. The van der Waals surface area contributed by atoms with Crippen molar-refractivity contribution in [3.05, 3.63) is 33.8 Å². The SMILES string of the molecule is O=C(NCC1(F)CCN(CC2CCC2)CC1)c1cc(Cl)cc(Cl)c1.